The molecule has 1 saturated carbocycles. The van der Waals surface area contributed by atoms with Crippen LogP contribution in [-0.2, 0) is 0 Å². The molecule has 1 radical (unpaired) electrons. The van der Waals surface area contributed by atoms with Crippen LogP contribution in [0.15, 0.2) is 0 Å². The summed E-state index contributed by atoms with van der Waals surface area (Å²) >= 11 is 0. The van der Waals surface area contributed by atoms with Gasteiger partial charge in [0.15, 0.2) is 0 Å². The number of nitrogens with zero attached hydrogens (tertiary/aromatic N) is 1. The van der Waals surface area contributed by atoms with Crippen LogP contribution >= 0.6 is 0 Å². The van der Waals surface area contributed by atoms with Crippen LogP contribution in [0.2, 0.25) is 0 Å². The summed E-state index contributed by atoms with van der Waals surface area (Å²) in [6, 6.07) is 0.698. The van der Waals surface area contributed by atoms with Crippen molar-refractivity contribution in [2.45, 2.75) is 58.2 Å². The second-order valence-corrected chi connectivity index (χ2v) is 3.61. The Morgan fingerprint density at radius 1 is 1.42 bits per heavy atom. The van der Waals surface area contributed by atoms with Crippen LogP contribution in [0.4, 0.5) is 0 Å². The molecule has 0 saturated heterocycles. The molecule has 1 N–H and O–H groups in total. The maximum Gasteiger partial charge on any atom is 0.0736 e. The molecule has 1 fully saturated rings. The van der Waals surface area contributed by atoms with E-state index in [1.54, 1.807) is 0 Å². The van der Waals surface area contributed by atoms with Gasteiger partial charge in [0, 0.05) is 6.04 Å². The fourth-order valence-electron chi connectivity index (χ4n) is 1.23. The van der Waals surface area contributed by atoms with Crippen molar-refractivity contribution < 1.29 is 0 Å². The normalized spacial score (nSPS) is 19.5. The maximum absolute atomic E-state index is 4.67. The van der Waals surface area contributed by atoms with Crippen LogP contribution in [-0.4, -0.2) is 18.8 Å². The van der Waals surface area contributed by atoms with Crippen LogP contribution in [0.1, 0.15) is 46.0 Å². The quantitative estimate of drug-likeness (QED) is 0.579. The summed E-state index contributed by atoms with van der Waals surface area (Å²) in [5.74, 6) is 0. The Balaban J connectivity index is 1.98. The molecule has 0 spiro atoms. The van der Waals surface area contributed by atoms with E-state index >= 15 is 0 Å². The van der Waals surface area contributed by atoms with E-state index in [1.165, 1.54) is 25.7 Å². The molecular weight excluding hydrogens is 148 g/mol. The number of hydrogen-bond donors (Lipinski definition) is 1. The highest BCUT2D eigenvalue weighted by atomic mass is 15.1. The van der Waals surface area contributed by atoms with Gasteiger partial charge in [-0.3, -0.25) is 0 Å². The minimum atomic E-state index is 0.434. The fraction of sp³-hybridized carbons (Fsp3) is 1.00. The van der Waals surface area contributed by atoms with Gasteiger partial charge in [0.1, 0.15) is 0 Å². The molecule has 1 rings (SSSR count). The Kier molecular flexibility index (Phi) is 4.62. The van der Waals surface area contributed by atoms with E-state index in [2.05, 4.69) is 24.5 Å². The van der Waals surface area contributed by atoms with Gasteiger partial charge in [-0.05, 0) is 32.2 Å². The summed E-state index contributed by atoms with van der Waals surface area (Å²) in [4.78, 5) is 0. The van der Waals surface area contributed by atoms with Gasteiger partial charge >= 0.3 is 0 Å². The lowest BCUT2D eigenvalue weighted by Crippen LogP contribution is -2.38. The van der Waals surface area contributed by atoms with Crippen molar-refractivity contribution in [3.8, 4) is 0 Å². The Morgan fingerprint density at radius 2 is 2.17 bits per heavy atom. The Labute approximate surface area is 76.1 Å². The molecule has 2 nitrogen and oxygen atoms in total. The molecule has 12 heavy (non-hydrogen) atoms. The van der Waals surface area contributed by atoms with Crippen molar-refractivity contribution in [1.82, 2.24) is 10.6 Å². The topological polar surface area (TPSA) is 26.1 Å². The molecule has 0 aromatic heterocycles. The first-order chi connectivity index (χ1) is 5.86. The van der Waals surface area contributed by atoms with Gasteiger partial charge in [0.25, 0.3) is 0 Å². The Morgan fingerprint density at radius 3 is 2.67 bits per heavy atom. The zero-order valence-electron chi connectivity index (χ0n) is 8.34. The molecular formula is C10H21N2. The highest BCUT2D eigenvalue weighted by Crippen LogP contribution is 2.21. The summed E-state index contributed by atoms with van der Waals surface area (Å²) in [5, 5.41) is 8.14. The zero-order valence-corrected chi connectivity index (χ0v) is 8.34. The standard InChI is InChI=1S/C10H21N2/c1-3-5-8-11-10(4-2)12-9-6-7-9/h9-11H,3-8H2,1-2H3. The number of rotatable bonds is 7. The van der Waals surface area contributed by atoms with E-state index in [-0.39, 0.29) is 0 Å². The van der Waals surface area contributed by atoms with Gasteiger partial charge in [-0.1, -0.05) is 20.3 Å². The monoisotopic (exact) mass is 169 g/mol. The molecule has 0 heterocycles. The summed E-state index contributed by atoms with van der Waals surface area (Å²) in [7, 11) is 0. The van der Waals surface area contributed by atoms with Gasteiger partial charge in [-0.15, -0.1) is 0 Å². The third kappa shape index (κ3) is 4.07. The SMILES string of the molecule is CCCCNC(CC)[N]C1CC1. The van der Waals surface area contributed by atoms with Crippen LogP contribution < -0.4 is 10.6 Å². The summed E-state index contributed by atoms with van der Waals surface area (Å²) in [6.07, 6.45) is 6.77. The van der Waals surface area contributed by atoms with E-state index < -0.39 is 0 Å². The molecule has 1 unspecified atom stereocenters. The molecule has 0 aromatic carbocycles. The molecule has 71 valence electrons. The number of unbranched alkanes of at least 4 members (excludes halogenated alkanes) is 1. The van der Waals surface area contributed by atoms with Gasteiger partial charge < -0.3 is 5.32 Å². The highest BCUT2D eigenvalue weighted by molar-refractivity contribution is 4.83. The first kappa shape index (κ1) is 10.0. The van der Waals surface area contributed by atoms with E-state index in [0.29, 0.717) is 12.2 Å². The summed E-state index contributed by atoms with van der Waals surface area (Å²) < 4.78 is 0. The molecule has 1 aliphatic rings. The smallest absolute Gasteiger partial charge is 0.0736 e. The largest absolute Gasteiger partial charge is 0.301 e. The molecule has 0 aromatic rings. The maximum atomic E-state index is 4.67. The zero-order chi connectivity index (χ0) is 8.81. The lowest BCUT2D eigenvalue weighted by Gasteiger charge is -2.15. The van der Waals surface area contributed by atoms with Crippen molar-refractivity contribution in [1.29, 1.82) is 0 Å². The number of nitrogens with one attached hydrogen (secondary N) is 1. The van der Waals surface area contributed by atoms with Crippen LogP contribution in [0, 0.1) is 0 Å². The van der Waals surface area contributed by atoms with E-state index in [1.807, 2.05) is 0 Å². The third-order valence-electron chi connectivity index (χ3n) is 2.23. The second kappa shape index (κ2) is 5.55. The molecule has 0 aliphatic heterocycles. The predicted octanol–water partition coefficient (Wildman–Crippen LogP) is 1.88. The van der Waals surface area contributed by atoms with Crippen LogP contribution in [0.3, 0.4) is 0 Å². The van der Waals surface area contributed by atoms with Gasteiger partial charge in [0.2, 0.25) is 0 Å². The van der Waals surface area contributed by atoms with Crippen LogP contribution in [0.25, 0.3) is 0 Å². The highest BCUT2D eigenvalue weighted by Gasteiger charge is 2.24. The summed E-state index contributed by atoms with van der Waals surface area (Å²) in [5.41, 5.74) is 0. The first-order valence-corrected chi connectivity index (χ1v) is 5.30. The Hall–Kier alpha value is -0.0800. The predicted molar refractivity (Wildman–Crippen MR) is 52.1 cm³/mol. The Bertz CT molecular complexity index is 110. The first-order valence-electron chi connectivity index (χ1n) is 5.30. The van der Waals surface area contributed by atoms with Crippen molar-refractivity contribution in [2.75, 3.05) is 6.54 Å². The van der Waals surface area contributed by atoms with Gasteiger partial charge in [-0.25, -0.2) is 5.32 Å². The van der Waals surface area contributed by atoms with Gasteiger partial charge in [0.05, 0.1) is 6.17 Å². The fourth-order valence-corrected chi connectivity index (χ4v) is 1.23. The average molecular weight is 169 g/mol. The lowest BCUT2D eigenvalue weighted by molar-refractivity contribution is 0.399. The second-order valence-electron chi connectivity index (χ2n) is 3.61. The lowest BCUT2D eigenvalue weighted by atomic mass is 10.3. The van der Waals surface area contributed by atoms with Crippen molar-refractivity contribution >= 4 is 0 Å². The third-order valence-corrected chi connectivity index (χ3v) is 2.23. The van der Waals surface area contributed by atoms with Crippen LogP contribution in [0.5, 0.6) is 0 Å². The molecule has 1 atom stereocenters. The van der Waals surface area contributed by atoms with E-state index in [4.69, 9.17) is 0 Å². The van der Waals surface area contributed by atoms with E-state index in [9.17, 15) is 0 Å². The molecule has 0 bridgehead atoms. The summed E-state index contributed by atoms with van der Waals surface area (Å²) in [6.45, 7) is 5.56. The van der Waals surface area contributed by atoms with Crippen molar-refractivity contribution in [3.05, 3.63) is 0 Å². The van der Waals surface area contributed by atoms with Gasteiger partial charge in [-0.2, -0.15) is 0 Å². The minimum absolute atomic E-state index is 0.434. The molecule has 1 aliphatic carbocycles. The van der Waals surface area contributed by atoms with Crippen molar-refractivity contribution in [2.24, 2.45) is 0 Å². The van der Waals surface area contributed by atoms with Crippen molar-refractivity contribution in [3.63, 3.8) is 0 Å². The molecule has 2 heteroatoms. The number of hydrogen-bond acceptors (Lipinski definition) is 1. The average Bonchev–Trinajstić information content (AvgIpc) is 2.87. The van der Waals surface area contributed by atoms with E-state index in [0.717, 1.165) is 13.0 Å². The minimum Gasteiger partial charge on any atom is -0.301 e. The molecule has 0 amide bonds.